The fraction of sp³-hybridized carbons (Fsp3) is 1.00. The van der Waals surface area contributed by atoms with Crippen molar-refractivity contribution in [1.82, 2.24) is 15.1 Å². The van der Waals surface area contributed by atoms with Crippen LogP contribution >= 0.6 is 0 Å². The van der Waals surface area contributed by atoms with Gasteiger partial charge in [-0.3, -0.25) is 9.80 Å². The summed E-state index contributed by atoms with van der Waals surface area (Å²) in [5.74, 6) is 0. The Hall–Kier alpha value is -0.120. The summed E-state index contributed by atoms with van der Waals surface area (Å²) < 4.78 is 0. The van der Waals surface area contributed by atoms with Crippen LogP contribution in [0.5, 0.6) is 0 Å². The van der Waals surface area contributed by atoms with Crippen LogP contribution in [-0.2, 0) is 0 Å². The lowest BCUT2D eigenvalue weighted by atomic mass is 10.1. The highest BCUT2D eigenvalue weighted by Crippen LogP contribution is 2.09. The third-order valence-corrected chi connectivity index (χ3v) is 4.19. The number of rotatable bonds is 7. The van der Waals surface area contributed by atoms with E-state index in [0.717, 1.165) is 6.54 Å². The van der Waals surface area contributed by atoms with Crippen LogP contribution in [0.2, 0.25) is 0 Å². The van der Waals surface area contributed by atoms with Crippen LogP contribution in [0.3, 0.4) is 0 Å². The summed E-state index contributed by atoms with van der Waals surface area (Å²) in [6.45, 7) is 17.5. The first-order valence-electron chi connectivity index (χ1n) is 7.76. The topological polar surface area (TPSA) is 18.5 Å². The molecule has 2 unspecified atom stereocenters. The highest BCUT2D eigenvalue weighted by atomic mass is 15.3. The van der Waals surface area contributed by atoms with Crippen molar-refractivity contribution in [3.8, 4) is 0 Å². The Morgan fingerprint density at radius 3 is 2.00 bits per heavy atom. The van der Waals surface area contributed by atoms with Gasteiger partial charge < -0.3 is 5.32 Å². The minimum atomic E-state index is 0.661. The smallest absolute Gasteiger partial charge is 0.0193 e. The van der Waals surface area contributed by atoms with Gasteiger partial charge in [-0.15, -0.1) is 0 Å². The van der Waals surface area contributed by atoms with E-state index in [1.165, 1.54) is 39.0 Å². The predicted molar refractivity (Wildman–Crippen MR) is 80.1 cm³/mol. The van der Waals surface area contributed by atoms with E-state index in [9.17, 15) is 0 Å². The fourth-order valence-corrected chi connectivity index (χ4v) is 2.73. The van der Waals surface area contributed by atoms with E-state index in [2.05, 4.69) is 49.7 Å². The molecule has 1 rings (SSSR count). The van der Waals surface area contributed by atoms with E-state index in [4.69, 9.17) is 0 Å². The normalized spacial score (nSPS) is 22.3. The molecule has 0 amide bonds. The van der Waals surface area contributed by atoms with Crippen molar-refractivity contribution in [1.29, 1.82) is 0 Å². The molecule has 0 bridgehead atoms. The Balaban J connectivity index is 2.21. The molecule has 0 saturated carbocycles. The summed E-state index contributed by atoms with van der Waals surface area (Å²) >= 11 is 0. The van der Waals surface area contributed by atoms with Gasteiger partial charge in [-0.05, 0) is 34.1 Å². The van der Waals surface area contributed by atoms with Crippen LogP contribution in [0.15, 0.2) is 0 Å². The molecular formula is C15H33N3. The molecule has 1 aliphatic heterocycles. The van der Waals surface area contributed by atoms with Crippen LogP contribution in [0, 0.1) is 0 Å². The quantitative estimate of drug-likeness (QED) is 0.752. The van der Waals surface area contributed by atoms with Crippen molar-refractivity contribution in [3.05, 3.63) is 0 Å². The van der Waals surface area contributed by atoms with Gasteiger partial charge in [-0.25, -0.2) is 0 Å². The second-order valence-electron chi connectivity index (χ2n) is 6.11. The molecule has 2 atom stereocenters. The molecule has 0 aromatic heterocycles. The zero-order valence-corrected chi connectivity index (χ0v) is 13.1. The Kier molecular flexibility index (Phi) is 7.20. The molecule has 1 aliphatic rings. The van der Waals surface area contributed by atoms with Gasteiger partial charge >= 0.3 is 0 Å². The number of hydrogen-bond acceptors (Lipinski definition) is 3. The summed E-state index contributed by atoms with van der Waals surface area (Å²) in [5, 5.41) is 3.66. The summed E-state index contributed by atoms with van der Waals surface area (Å²) in [4.78, 5) is 5.21. The molecule has 18 heavy (non-hydrogen) atoms. The molecule has 0 aromatic carbocycles. The molecule has 1 saturated heterocycles. The van der Waals surface area contributed by atoms with Crippen molar-refractivity contribution < 1.29 is 0 Å². The highest BCUT2D eigenvalue weighted by molar-refractivity contribution is 4.79. The Labute approximate surface area is 114 Å². The zero-order valence-electron chi connectivity index (χ0n) is 13.1. The van der Waals surface area contributed by atoms with Crippen molar-refractivity contribution in [2.75, 3.05) is 32.7 Å². The van der Waals surface area contributed by atoms with E-state index in [1.807, 2.05) is 0 Å². The molecule has 1 fully saturated rings. The minimum Gasteiger partial charge on any atom is -0.313 e. The second kappa shape index (κ2) is 8.13. The molecule has 1 N–H and O–H groups in total. The molecule has 0 aromatic rings. The number of hydrogen-bond donors (Lipinski definition) is 1. The molecule has 1 heterocycles. The van der Waals surface area contributed by atoms with Crippen LogP contribution < -0.4 is 5.32 Å². The number of nitrogens with zero attached hydrogens (tertiary/aromatic N) is 2. The first-order chi connectivity index (χ1) is 8.54. The first kappa shape index (κ1) is 15.9. The Morgan fingerprint density at radius 1 is 0.944 bits per heavy atom. The molecule has 3 heteroatoms. The summed E-state index contributed by atoms with van der Waals surface area (Å²) in [6.07, 6.45) is 2.56. The van der Waals surface area contributed by atoms with E-state index in [1.54, 1.807) is 0 Å². The van der Waals surface area contributed by atoms with Gasteiger partial charge in [0, 0.05) is 50.8 Å². The zero-order chi connectivity index (χ0) is 13.5. The van der Waals surface area contributed by atoms with Gasteiger partial charge in [-0.1, -0.05) is 13.3 Å². The lowest BCUT2D eigenvalue weighted by molar-refractivity contribution is 0.0823. The van der Waals surface area contributed by atoms with Gasteiger partial charge in [0.15, 0.2) is 0 Å². The average Bonchev–Trinajstić information content (AvgIpc) is 2.36. The predicted octanol–water partition coefficient (Wildman–Crippen LogP) is 2.18. The van der Waals surface area contributed by atoms with E-state index in [0.29, 0.717) is 18.1 Å². The maximum absolute atomic E-state index is 3.66. The van der Waals surface area contributed by atoms with Crippen molar-refractivity contribution in [2.45, 2.75) is 65.6 Å². The van der Waals surface area contributed by atoms with E-state index < -0.39 is 0 Å². The molecule has 0 aliphatic carbocycles. The summed E-state index contributed by atoms with van der Waals surface area (Å²) in [7, 11) is 0. The third-order valence-electron chi connectivity index (χ3n) is 4.19. The number of nitrogens with one attached hydrogen (secondary N) is 1. The van der Waals surface area contributed by atoms with Crippen molar-refractivity contribution >= 4 is 0 Å². The summed E-state index contributed by atoms with van der Waals surface area (Å²) in [5.41, 5.74) is 0. The van der Waals surface area contributed by atoms with Gasteiger partial charge in [0.1, 0.15) is 0 Å². The molecule has 0 radical (unpaired) electrons. The molecule has 108 valence electrons. The molecule has 3 nitrogen and oxygen atoms in total. The minimum absolute atomic E-state index is 0.661. The van der Waals surface area contributed by atoms with Crippen molar-refractivity contribution in [3.63, 3.8) is 0 Å². The van der Waals surface area contributed by atoms with Crippen LogP contribution in [0.4, 0.5) is 0 Å². The first-order valence-corrected chi connectivity index (χ1v) is 7.76. The van der Waals surface area contributed by atoms with Crippen LogP contribution in [0.25, 0.3) is 0 Å². The fourth-order valence-electron chi connectivity index (χ4n) is 2.73. The summed E-state index contributed by atoms with van der Waals surface area (Å²) in [6, 6.07) is 2.03. The van der Waals surface area contributed by atoms with Crippen LogP contribution in [0.1, 0.15) is 47.5 Å². The maximum Gasteiger partial charge on any atom is 0.0193 e. The van der Waals surface area contributed by atoms with Gasteiger partial charge in [0.05, 0.1) is 0 Å². The second-order valence-corrected chi connectivity index (χ2v) is 6.11. The lowest BCUT2D eigenvalue weighted by Crippen LogP contribution is -2.53. The maximum atomic E-state index is 3.66. The molecule has 0 spiro atoms. The van der Waals surface area contributed by atoms with Gasteiger partial charge in [-0.2, -0.15) is 0 Å². The van der Waals surface area contributed by atoms with Crippen molar-refractivity contribution in [2.24, 2.45) is 0 Å². The SMILES string of the molecule is CCCC(C)NCC(C)N1CCN(C(C)C)CC1. The lowest BCUT2D eigenvalue weighted by Gasteiger charge is -2.40. The standard InChI is InChI=1S/C15H33N3/c1-6-7-14(4)16-12-15(5)18-10-8-17(9-11-18)13(2)3/h13-16H,6-12H2,1-5H3. The van der Waals surface area contributed by atoms with Gasteiger partial charge in [0.2, 0.25) is 0 Å². The largest absolute Gasteiger partial charge is 0.313 e. The highest BCUT2D eigenvalue weighted by Gasteiger charge is 2.22. The van der Waals surface area contributed by atoms with Crippen LogP contribution in [-0.4, -0.2) is 60.6 Å². The van der Waals surface area contributed by atoms with Gasteiger partial charge in [0.25, 0.3) is 0 Å². The molecular weight excluding hydrogens is 222 g/mol. The van der Waals surface area contributed by atoms with E-state index in [-0.39, 0.29) is 0 Å². The monoisotopic (exact) mass is 255 g/mol. The average molecular weight is 255 g/mol. The Morgan fingerprint density at radius 2 is 1.50 bits per heavy atom. The van der Waals surface area contributed by atoms with E-state index >= 15 is 0 Å². The Bertz CT molecular complexity index is 210. The third kappa shape index (κ3) is 5.25. The number of piperazine rings is 1.